The van der Waals surface area contributed by atoms with Crippen molar-refractivity contribution in [2.45, 2.75) is 6.10 Å². The molecule has 2 nitrogen and oxygen atoms in total. The van der Waals surface area contributed by atoms with Crippen LogP contribution >= 0.6 is 27.3 Å². The third kappa shape index (κ3) is 1.92. The number of aromatic nitrogens is 1. The average molecular weight is 308 g/mol. The van der Waals surface area contributed by atoms with E-state index in [1.54, 1.807) is 11.3 Å². The molecule has 1 unspecified atom stereocenters. The first-order chi connectivity index (χ1) is 8.25. The molecule has 0 aliphatic heterocycles. The SMILES string of the molecule is OC(c1ccc(Br)s1)c1c[nH]c2ccccc12. The number of benzene rings is 1. The maximum atomic E-state index is 10.4. The number of hydrogen-bond donors (Lipinski definition) is 2. The highest BCUT2D eigenvalue weighted by Crippen LogP contribution is 2.34. The normalized spacial score (nSPS) is 13.1. The number of para-hydroxylation sites is 1. The number of aromatic amines is 1. The molecule has 2 aromatic heterocycles. The number of aliphatic hydroxyl groups excluding tert-OH is 1. The van der Waals surface area contributed by atoms with E-state index in [0.29, 0.717) is 0 Å². The van der Waals surface area contributed by atoms with Gasteiger partial charge in [-0.2, -0.15) is 0 Å². The molecule has 4 heteroatoms. The molecule has 0 saturated heterocycles. The highest BCUT2D eigenvalue weighted by Gasteiger charge is 2.16. The van der Waals surface area contributed by atoms with Crippen molar-refractivity contribution in [1.29, 1.82) is 0 Å². The second kappa shape index (κ2) is 4.29. The maximum Gasteiger partial charge on any atom is 0.115 e. The number of rotatable bonds is 2. The molecule has 0 aliphatic carbocycles. The lowest BCUT2D eigenvalue weighted by Crippen LogP contribution is -1.95. The van der Waals surface area contributed by atoms with E-state index in [1.165, 1.54) is 0 Å². The van der Waals surface area contributed by atoms with Crippen LogP contribution in [0.25, 0.3) is 10.9 Å². The Bertz CT molecular complexity index is 658. The van der Waals surface area contributed by atoms with Crippen molar-refractivity contribution < 1.29 is 5.11 Å². The van der Waals surface area contributed by atoms with Gasteiger partial charge in [0.15, 0.2) is 0 Å². The van der Waals surface area contributed by atoms with Crippen LogP contribution in [0.3, 0.4) is 0 Å². The van der Waals surface area contributed by atoms with E-state index in [-0.39, 0.29) is 0 Å². The quantitative estimate of drug-likeness (QED) is 0.735. The van der Waals surface area contributed by atoms with E-state index in [0.717, 1.165) is 25.1 Å². The standard InChI is InChI=1S/C13H10BrNOS/c14-12-6-5-11(17-12)13(16)9-7-15-10-4-2-1-3-8(9)10/h1-7,13,15-16H. The summed E-state index contributed by atoms with van der Waals surface area (Å²) in [6, 6.07) is 11.9. The van der Waals surface area contributed by atoms with E-state index < -0.39 is 6.10 Å². The molecule has 0 spiro atoms. The van der Waals surface area contributed by atoms with Crippen molar-refractivity contribution >= 4 is 38.2 Å². The summed E-state index contributed by atoms with van der Waals surface area (Å²) in [5, 5.41) is 11.4. The molecule has 86 valence electrons. The molecule has 2 heterocycles. The minimum Gasteiger partial charge on any atom is -0.383 e. The fourth-order valence-corrected chi connectivity index (χ4v) is 3.38. The molecule has 3 aromatic rings. The third-order valence-corrected chi connectivity index (χ3v) is 4.46. The Hall–Kier alpha value is -1.10. The molecule has 2 N–H and O–H groups in total. The highest BCUT2D eigenvalue weighted by atomic mass is 79.9. The van der Waals surface area contributed by atoms with Crippen LogP contribution in [0.1, 0.15) is 16.5 Å². The van der Waals surface area contributed by atoms with Crippen molar-refractivity contribution in [3.8, 4) is 0 Å². The maximum absolute atomic E-state index is 10.4. The molecule has 1 aromatic carbocycles. The Kier molecular flexibility index (Phi) is 2.78. The Morgan fingerprint density at radius 1 is 1.18 bits per heavy atom. The van der Waals surface area contributed by atoms with Crippen LogP contribution in [0.2, 0.25) is 0 Å². The van der Waals surface area contributed by atoms with Crippen molar-refractivity contribution in [3.05, 3.63) is 56.8 Å². The van der Waals surface area contributed by atoms with E-state index in [4.69, 9.17) is 0 Å². The van der Waals surface area contributed by atoms with Gasteiger partial charge < -0.3 is 10.1 Å². The molecule has 0 amide bonds. The predicted octanol–water partition coefficient (Wildman–Crippen LogP) is 4.07. The van der Waals surface area contributed by atoms with Gasteiger partial charge in [-0.1, -0.05) is 18.2 Å². The summed E-state index contributed by atoms with van der Waals surface area (Å²) in [5.41, 5.74) is 1.98. The van der Waals surface area contributed by atoms with Crippen LogP contribution in [0.15, 0.2) is 46.4 Å². The topological polar surface area (TPSA) is 36.0 Å². The molecule has 0 saturated carbocycles. The molecule has 0 bridgehead atoms. The predicted molar refractivity (Wildman–Crippen MR) is 74.4 cm³/mol. The minimum absolute atomic E-state index is 0.567. The zero-order valence-electron chi connectivity index (χ0n) is 8.85. The van der Waals surface area contributed by atoms with Gasteiger partial charge in [0.25, 0.3) is 0 Å². The Morgan fingerprint density at radius 2 is 2.00 bits per heavy atom. The zero-order chi connectivity index (χ0) is 11.8. The molecule has 0 radical (unpaired) electrons. The number of hydrogen-bond acceptors (Lipinski definition) is 2. The van der Waals surface area contributed by atoms with Gasteiger partial charge in [0.2, 0.25) is 0 Å². The second-order valence-electron chi connectivity index (χ2n) is 3.83. The lowest BCUT2D eigenvalue weighted by Gasteiger charge is -2.06. The molecular weight excluding hydrogens is 298 g/mol. The highest BCUT2D eigenvalue weighted by molar-refractivity contribution is 9.11. The summed E-state index contributed by atoms with van der Waals surface area (Å²) in [4.78, 5) is 4.12. The van der Waals surface area contributed by atoms with Gasteiger partial charge in [-0.15, -0.1) is 11.3 Å². The number of nitrogens with one attached hydrogen (secondary N) is 1. The first-order valence-electron chi connectivity index (χ1n) is 5.25. The molecule has 0 fully saturated rings. The summed E-state index contributed by atoms with van der Waals surface area (Å²) in [5.74, 6) is 0. The third-order valence-electron chi connectivity index (χ3n) is 2.78. The summed E-state index contributed by atoms with van der Waals surface area (Å²) in [6.45, 7) is 0. The Labute approximate surface area is 111 Å². The van der Waals surface area contributed by atoms with Gasteiger partial charge >= 0.3 is 0 Å². The van der Waals surface area contributed by atoms with E-state index >= 15 is 0 Å². The average Bonchev–Trinajstić information content (AvgIpc) is 2.94. The molecule has 0 aliphatic rings. The summed E-state index contributed by atoms with van der Waals surface area (Å²) >= 11 is 4.97. The number of H-pyrrole nitrogens is 1. The Morgan fingerprint density at radius 3 is 2.76 bits per heavy atom. The van der Waals surface area contributed by atoms with Gasteiger partial charge in [-0.25, -0.2) is 0 Å². The van der Waals surface area contributed by atoms with Gasteiger partial charge in [0.05, 0.1) is 3.79 Å². The molecular formula is C13H10BrNOS. The van der Waals surface area contributed by atoms with Gasteiger partial charge in [-0.05, 0) is 34.1 Å². The lowest BCUT2D eigenvalue weighted by molar-refractivity contribution is 0.226. The van der Waals surface area contributed by atoms with E-state index in [1.807, 2.05) is 42.6 Å². The van der Waals surface area contributed by atoms with Crippen LogP contribution in [0, 0.1) is 0 Å². The summed E-state index contributed by atoms with van der Waals surface area (Å²) in [6.07, 6.45) is 1.31. The zero-order valence-corrected chi connectivity index (χ0v) is 11.3. The van der Waals surface area contributed by atoms with Crippen molar-refractivity contribution in [3.63, 3.8) is 0 Å². The van der Waals surface area contributed by atoms with E-state index in [9.17, 15) is 5.11 Å². The van der Waals surface area contributed by atoms with Crippen LogP contribution in [0.4, 0.5) is 0 Å². The van der Waals surface area contributed by atoms with Gasteiger partial charge in [0.1, 0.15) is 6.10 Å². The second-order valence-corrected chi connectivity index (χ2v) is 6.33. The van der Waals surface area contributed by atoms with Crippen molar-refractivity contribution in [2.24, 2.45) is 0 Å². The lowest BCUT2D eigenvalue weighted by atomic mass is 10.1. The first kappa shape index (κ1) is 11.0. The monoisotopic (exact) mass is 307 g/mol. The van der Waals surface area contributed by atoms with Gasteiger partial charge in [0, 0.05) is 27.5 Å². The molecule has 17 heavy (non-hydrogen) atoms. The van der Waals surface area contributed by atoms with Crippen molar-refractivity contribution in [2.75, 3.05) is 0 Å². The Balaban J connectivity index is 2.09. The van der Waals surface area contributed by atoms with Gasteiger partial charge in [-0.3, -0.25) is 0 Å². The first-order valence-corrected chi connectivity index (χ1v) is 6.86. The van der Waals surface area contributed by atoms with Crippen LogP contribution in [-0.2, 0) is 0 Å². The smallest absolute Gasteiger partial charge is 0.115 e. The molecule has 1 atom stereocenters. The van der Waals surface area contributed by atoms with E-state index in [2.05, 4.69) is 20.9 Å². The number of aliphatic hydroxyl groups is 1. The number of thiophene rings is 1. The fraction of sp³-hybridized carbons (Fsp3) is 0.0769. The largest absolute Gasteiger partial charge is 0.383 e. The summed E-state index contributed by atoms with van der Waals surface area (Å²) in [7, 11) is 0. The number of fused-ring (bicyclic) bond motifs is 1. The minimum atomic E-state index is -0.567. The summed E-state index contributed by atoms with van der Waals surface area (Å²) < 4.78 is 1.03. The molecule has 3 rings (SSSR count). The van der Waals surface area contributed by atoms with Crippen molar-refractivity contribution in [1.82, 2.24) is 4.98 Å². The van der Waals surface area contributed by atoms with Crippen LogP contribution in [-0.4, -0.2) is 10.1 Å². The van der Waals surface area contributed by atoms with Crippen LogP contribution in [0.5, 0.6) is 0 Å². The number of halogens is 1. The fourth-order valence-electron chi connectivity index (χ4n) is 1.95. The van der Waals surface area contributed by atoms with Crippen LogP contribution < -0.4 is 0 Å².